The fraction of sp³-hybridized carbons (Fsp3) is 0.560. The summed E-state index contributed by atoms with van der Waals surface area (Å²) in [6, 6.07) is 9.25. The molecule has 1 N–H and O–H groups in total. The molecule has 8 heteroatoms. The van der Waals surface area contributed by atoms with E-state index in [0.717, 1.165) is 44.1 Å². The van der Waals surface area contributed by atoms with Crippen molar-refractivity contribution in [1.82, 2.24) is 19.8 Å². The molecule has 2 aromatic rings. The molecule has 1 aromatic carbocycles. The van der Waals surface area contributed by atoms with Crippen molar-refractivity contribution >= 4 is 11.7 Å². The van der Waals surface area contributed by atoms with Crippen LogP contribution in [0.5, 0.6) is 5.75 Å². The van der Waals surface area contributed by atoms with Crippen molar-refractivity contribution in [3.63, 3.8) is 0 Å². The second kappa shape index (κ2) is 10.5. The lowest BCUT2D eigenvalue weighted by molar-refractivity contribution is -0.000146. The number of aliphatic hydroxyl groups is 1. The minimum Gasteiger partial charge on any atom is -0.492 e. The van der Waals surface area contributed by atoms with Gasteiger partial charge in [-0.1, -0.05) is 6.07 Å². The molecular formula is C25H35N5O3. The third-order valence-corrected chi connectivity index (χ3v) is 6.50. The Bertz CT molecular complexity index is 949. The van der Waals surface area contributed by atoms with Gasteiger partial charge in [0.1, 0.15) is 24.5 Å². The molecule has 0 saturated carbocycles. The second-order valence-electron chi connectivity index (χ2n) is 9.35. The minimum absolute atomic E-state index is 0.122. The zero-order valence-corrected chi connectivity index (χ0v) is 19.7. The fourth-order valence-corrected chi connectivity index (χ4v) is 4.80. The van der Waals surface area contributed by atoms with Crippen LogP contribution < -0.4 is 9.64 Å². The van der Waals surface area contributed by atoms with Crippen LogP contribution in [0, 0.1) is 6.92 Å². The lowest BCUT2D eigenvalue weighted by Gasteiger charge is -2.41. The predicted octanol–water partition coefficient (Wildman–Crippen LogP) is 2.36. The fourth-order valence-electron chi connectivity index (χ4n) is 4.80. The van der Waals surface area contributed by atoms with Crippen molar-refractivity contribution in [2.75, 3.05) is 57.8 Å². The molecule has 0 spiro atoms. The van der Waals surface area contributed by atoms with Crippen molar-refractivity contribution in [3.8, 4) is 5.75 Å². The number of anilines is 1. The highest BCUT2D eigenvalue weighted by atomic mass is 16.5. The molecule has 1 amide bonds. The van der Waals surface area contributed by atoms with E-state index in [1.807, 2.05) is 25.1 Å². The van der Waals surface area contributed by atoms with Crippen LogP contribution in [-0.2, 0) is 0 Å². The third-order valence-electron chi connectivity index (χ3n) is 6.50. The van der Waals surface area contributed by atoms with E-state index in [1.54, 1.807) is 30.4 Å². The Morgan fingerprint density at radius 3 is 2.79 bits per heavy atom. The van der Waals surface area contributed by atoms with E-state index in [0.29, 0.717) is 30.9 Å². The Kier molecular flexibility index (Phi) is 7.45. The van der Waals surface area contributed by atoms with Gasteiger partial charge in [0, 0.05) is 44.0 Å². The first-order valence-electron chi connectivity index (χ1n) is 11.9. The summed E-state index contributed by atoms with van der Waals surface area (Å²) in [6.07, 6.45) is 5.55. The predicted molar refractivity (Wildman–Crippen MR) is 128 cm³/mol. The number of aryl methyl sites for hydroxylation is 1. The van der Waals surface area contributed by atoms with Crippen LogP contribution in [0.3, 0.4) is 0 Å². The number of hydrogen-bond donors (Lipinski definition) is 1. The highest BCUT2D eigenvalue weighted by Crippen LogP contribution is 2.26. The van der Waals surface area contributed by atoms with Crippen molar-refractivity contribution in [2.45, 2.75) is 38.2 Å². The number of likely N-dealkylation sites (N-methyl/N-ethyl adjacent to an activating group) is 1. The maximum atomic E-state index is 13.1. The lowest BCUT2D eigenvalue weighted by Crippen LogP contribution is -2.54. The molecule has 2 fully saturated rings. The van der Waals surface area contributed by atoms with Crippen molar-refractivity contribution in [3.05, 3.63) is 47.9 Å². The zero-order valence-electron chi connectivity index (χ0n) is 19.7. The van der Waals surface area contributed by atoms with Crippen molar-refractivity contribution in [2.24, 2.45) is 0 Å². The van der Waals surface area contributed by atoms with E-state index in [2.05, 4.69) is 19.8 Å². The number of carbonyl (C=O) groups is 1. The number of ether oxygens (including phenoxy) is 1. The number of β-amino-alcohol motifs (C(OH)–C–C–N with tert-alkyl or cyclic N) is 1. The molecule has 2 aliphatic heterocycles. The molecular weight excluding hydrogens is 418 g/mol. The van der Waals surface area contributed by atoms with Crippen molar-refractivity contribution in [1.29, 1.82) is 0 Å². The van der Waals surface area contributed by atoms with Gasteiger partial charge in [-0.05, 0) is 63.9 Å². The van der Waals surface area contributed by atoms with Crippen LogP contribution in [0.15, 0.2) is 36.7 Å². The van der Waals surface area contributed by atoms with Gasteiger partial charge >= 0.3 is 0 Å². The molecule has 1 atom stereocenters. The number of nitrogens with zero attached hydrogens (tertiary/aromatic N) is 5. The smallest absolute Gasteiger partial charge is 0.253 e. The highest BCUT2D eigenvalue weighted by Gasteiger charge is 2.36. The highest BCUT2D eigenvalue weighted by molar-refractivity contribution is 5.94. The molecule has 178 valence electrons. The number of amides is 1. The van der Waals surface area contributed by atoms with Gasteiger partial charge in [0.25, 0.3) is 5.91 Å². The Morgan fingerprint density at radius 1 is 1.18 bits per heavy atom. The van der Waals surface area contributed by atoms with E-state index in [9.17, 15) is 9.90 Å². The third kappa shape index (κ3) is 6.21. The van der Waals surface area contributed by atoms with Gasteiger partial charge in [0.15, 0.2) is 0 Å². The van der Waals surface area contributed by atoms with E-state index in [-0.39, 0.29) is 12.5 Å². The monoisotopic (exact) mass is 453 g/mol. The summed E-state index contributed by atoms with van der Waals surface area (Å²) in [5.74, 6) is 1.40. The van der Waals surface area contributed by atoms with E-state index in [1.165, 1.54) is 12.8 Å². The van der Waals surface area contributed by atoms with Crippen LogP contribution in [-0.4, -0.2) is 89.3 Å². The van der Waals surface area contributed by atoms with Gasteiger partial charge in [-0.2, -0.15) is 0 Å². The maximum Gasteiger partial charge on any atom is 0.253 e. The average molecular weight is 454 g/mol. The summed E-state index contributed by atoms with van der Waals surface area (Å²) in [5.41, 5.74) is 0.466. The number of rotatable bonds is 8. The molecule has 0 radical (unpaired) electrons. The second-order valence-corrected chi connectivity index (χ2v) is 9.35. The molecule has 3 heterocycles. The Labute approximate surface area is 196 Å². The summed E-state index contributed by atoms with van der Waals surface area (Å²) < 4.78 is 5.90. The quantitative estimate of drug-likeness (QED) is 0.657. The first kappa shape index (κ1) is 23.4. The number of likely N-dealkylation sites (tertiary alicyclic amines) is 1. The van der Waals surface area contributed by atoms with Gasteiger partial charge in [-0.3, -0.25) is 9.69 Å². The Hall–Kier alpha value is -2.71. The van der Waals surface area contributed by atoms with Crippen LogP contribution in [0.4, 0.5) is 5.82 Å². The topological polar surface area (TPSA) is 82.0 Å². The molecule has 2 saturated heterocycles. The molecule has 2 aliphatic rings. The summed E-state index contributed by atoms with van der Waals surface area (Å²) in [4.78, 5) is 27.7. The maximum absolute atomic E-state index is 13.1. The Morgan fingerprint density at radius 2 is 2.00 bits per heavy atom. The minimum atomic E-state index is -0.995. The van der Waals surface area contributed by atoms with Gasteiger partial charge in [0.05, 0.1) is 12.1 Å². The molecule has 1 aromatic heterocycles. The molecule has 0 aliphatic carbocycles. The lowest BCUT2D eigenvalue weighted by atomic mass is 9.92. The first-order valence-corrected chi connectivity index (χ1v) is 11.9. The largest absolute Gasteiger partial charge is 0.492 e. The van der Waals surface area contributed by atoms with Gasteiger partial charge < -0.3 is 19.6 Å². The number of hydrogen-bond acceptors (Lipinski definition) is 7. The van der Waals surface area contributed by atoms with Gasteiger partial charge in [0.2, 0.25) is 0 Å². The molecule has 8 nitrogen and oxygen atoms in total. The van der Waals surface area contributed by atoms with Gasteiger partial charge in [-0.15, -0.1) is 0 Å². The Balaban J connectivity index is 1.34. The van der Waals surface area contributed by atoms with Crippen LogP contribution >= 0.6 is 0 Å². The number of carbonyl (C=O) groups excluding carboxylic acids is 1. The molecule has 4 rings (SSSR count). The summed E-state index contributed by atoms with van der Waals surface area (Å²) in [6.45, 7) is 7.26. The zero-order chi connectivity index (χ0) is 23.3. The first-order chi connectivity index (χ1) is 15.9. The van der Waals surface area contributed by atoms with Crippen LogP contribution in [0.2, 0.25) is 0 Å². The summed E-state index contributed by atoms with van der Waals surface area (Å²) in [7, 11) is 1.75. The van der Waals surface area contributed by atoms with Crippen LogP contribution in [0.25, 0.3) is 0 Å². The number of benzene rings is 1. The SMILES string of the molecule is Cc1cc(N2CCCC(O)(CN(C)C(=O)c3cccc(OCCN4CCCC4)c3)C2)ncn1. The van der Waals surface area contributed by atoms with Crippen molar-refractivity contribution < 1.29 is 14.6 Å². The number of aromatic nitrogens is 2. The van der Waals surface area contributed by atoms with Gasteiger partial charge in [-0.25, -0.2) is 9.97 Å². The molecule has 33 heavy (non-hydrogen) atoms. The molecule has 1 unspecified atom stereocenters. The average Bonchev–Trinajstić information content (AvgIpc) is 3.32. The summed E-state index contributed by atoms with van der Waals surface area (Å²) in [5, 5.41) is 11.3. The normalized spacial score (nSPS) is 21.2. The number of piperidine rings is 1. The van der Waals surface area contributed by atoms with E-state index in [4.69, 9.17) is 4.74 Å². The van der Waals surface area contributed by atoms with E-state index >= 15 is 0 Å². The molecule has 0 bridgehead atoms. The van der Waals surface area contributed by atoms with Crippen LogP contribution in [0.1, 0.15) is 41.7 Å². The standard InChI is InChI=1S/C25H35N5O3/c1-20-15-23(27-19-26-20)30-12-6-9-25(32,18-30)17-28(2)24(31)21-7-5-8-22(16-21)33-14-13-29-10-3-4-11-29/h5,7-8,15-16,19,32H,3-4,6,9-14,17-18H2,1-2H3. The summed E-state index contributed by atoms with van der Waals surface area (Å²) >= 11 is 0. The van der Waals surface area contributed by atoms with E-state index < -0.39 is 5.60 Å².